The third-order valence-electron chi connectivity index (χ3n) is 5.22. The van der Waals surface area contributed by atoms with Crippen LogP contribution in [0.25, 0.3) is 0 Å². The molecule has 1 heterocycles. The van der Waals surface area contributed by atoms with Crippen molar-refractivity contribution in [1.82, 2.24) is 20.4 Å². The Balaban J connectivity index is 0.00000480. The predicted octanol–water partition coefficient (Wildman–Crippen LogP) is 4.31. The molecular weight excluding hydrogens is 501 g/mol. The molecule has 0 atom stereocenters. The average Bonchev–Trinajstić information content (AvgIpc) is 3.20. The topological polar surface area (TPSA) is 56.0 Å². The zero-order chi connectivity index (χ0) is 21.9. The van der Waals surface area contributed by atoms with Gasteiger partial charge in [0, 0.05) is 45.3 Å². The first kappa shape index (κ1) is 27.5. The molecule has 2 aromatic rings. The molecule has 2 N–H and O–H groups in total. The second-order valence-electron chi connectivity index (χ2n) is 8.30. The summed E-state index contributed by atoms with van der Waals surface area (Å²) in [6, 6.07) is 13.6. The van der Waals surface area contributed by atoms with Crippen molar-refractivity contribution in [1.29, 1.82) is 0 Å². The third kappa shape index (κ3) is 9.62. The zero-order valence-electron chi connectivity index (χ0n) is 19.9. The molecule has 0 saturated carbocycles. The third-order valence-corrected chi connectivity index (χ3v) is 5.22. The van der Waals surface area contributed by atoms with E-state index in [1.807, 2.05) is 19.2 Å². The average molecular weight is 542 g/mol. The van der Waals surface area contributed by atoms with E-state index in [-0.39, 0.29) is 24.0 Å². The van der Waals surface area contributed by atoms with Crippen LogP contribution in [0.5, 0.6) is 0 Å². The van der Waals surface area contributed by atoms with Gasteiger partial charge >= 0.3 is 0 Å². The molecule has 0 aliphatic rings. The van der Waals surface area contributed by atoms with Crippen molar-refractivity contribution in [3.8, 4) is 0 Å². The number of guanidine groups is 1. The first-order chi connectivity index (χ1) is 14.4. The van der Waals surface area contributed by atoms with Crippen molar-refractivity contribution in [2.24, 2.45) is 4.99 Å². The van der Waals surface area contributed by atoms with Crippen molar-refractivity contribution in [3.05, 3.63) is 59.5 Å². The molecule has 174 valence electrons. The van der Waals surface area contributed by atoms with Gasteiger partial charge in [0.05, 0.1) is 12.8 Å². The van der Waals surface area contributed by atoms with Gasteiger partial charge in [-0.25, -0.2) is 0 Å². The lowest BCUT2D eigenvalue weighted by Gasteiger charge is -2.30. The normalized spacial score (nSPS) is 12.0. The van der Waals surface area contributed by atoms with Gasteiger partial charge in [-0.1, -0.05) is 24.3 Å². The van der Waals surface area contributed by atoms with Gasteiger partial charge in [0.2, 0.25) is 0 Å². The van der Waals surface area contributed by atoms with Gasteiger partial charge in [-0.05, 0) is 58.0 Å². The Morgan fingerprint density at radius 1 is 0.968 bits per heavy atom. The first-order valence-electron chi connectivity index (χ1n) is 10.9. The van der Waals surface area contributed by atoms with Gasteiger partial charge in [-0.3, -0.25) is 14.8 Å². The molecule has 2 rings (SSSR count). The molecule has 31 heavy (non-hydrogen) atoms. The largest absolute Gasteiger partial charge is 0.468 e. The molecule has 0 amide bonds. The number of nitrogens with zero attached hydrogens (tertiary/aromatic N) is 3. The molecule has 7 heteroatoms. The van der Waals surface area contributed by atoms with Gasteiger partial charge in [-0.2, -0.15) is 0 Å². The van der Waals surface area contributed by atoms with Crippen LogP contribution in [0.2, 0.25) is 0 Å². The summed E-state index contributed by atoms with van der Waals surface area (Å²) in [4.78, 5) is 9.12. The van der Waals surface area contributed by atoms with Crippen LogP contribution >= 0.6 is 24.0 Å². The lowest BCUT2D eigenvalue weighted by molar-refractivity contribution is 0.178. The monoisotopic (exact) mass is 541 g/mol. The molecule has 1 aromatic heterocycles. The summed E-state index contributed by atoms with van der Waals surface area (Å²) in [5.74, 6) is 1.82. The van der Waals surface area contributed by atoms with Crippen molar-refractivity contribution in [2.75, 3.05) is 27.2 Å². The minimum atomic E-state index is 0. The maximum absolute atomic E-state index is 5.47. The highest BCUT2D eigenvalue weighted by atomic mass is 127. The molecule has 1 aromatic carbocycles. The maximum Gasteiger partial charge on any atom is 0.191 e. The second-order valence-corrected chi connectivity index (χ2v) is 8.30. The standard InChI is InChI=1S/C24H39N5O.HI/c1-19(2)29(20(3)4)14-13-26-24(25-5)27-16-21-10-7-8-11-22(21)17-28(6)18-23-12-9-15-30-23;/h7-12,15,19-20H,13-14,16-18H2,1-6H3,(H2,25,26,27);1H. The molecule has 0 radical (unpaired) electrons. The Bertz CT molecular complexity index is 753. The Hall–Kier alpha value is -1.58. The molecule has 0 fully saturated rings. The van der Waals surface area contributed by atoms with Crippen LogP contribution in [-0.2, 0) is 19.6 Å². The number of rotatable bonds is 11. The maximum atomic E-state index is 5.47. The quantitative estimate of drug-likeness (QED) is 0.252. The predicted molar refractivity (Wildman–Crippen MR) is 141 cm³/mol. The Kier molecular flexibility index (Phi) is 12.8. The van der Waals surface area contributed by atoms with Crippen molar-refractivity contribution >= 4 is 29.9 Å². The number of hydrogen-bond donors (Lipinski definition) is 2. The summed E-state index contributed by atoms with van der Waals surface area (Å²) >= 11 is 0. The van der Waals surface area contributed by atoms with E-state index in [0.29, 0.717) is 12.1 Å². The number of nitrogens with one attached hydrogen (secondary N) is 2. The number of hydrogen-bond acceptors (Lipinski definition) is 4. The van der Waals surface area contributed by atoms with Gasteiger partial charge in [-0.15, -0.1) is 24.0 Å². The van der Waals surface area contributed by atoms with Gasteiger partial charge in [0.1, 0.15) is 5.76 Å². The van der Waals surface area contributed by atoms with E-state index in [4.69, 9.17) is 4.42 Å². The summed E-state index contributed by atoms with van der Waals surface area (Å²) in [6.07, 6.45) is 1.72. The molecule has 0 bridgehead atoms. The van der Waals surface area contributed by atoms with Crippen LogP contribution in [0, 0.1) is 0 Å². The van der Waals surface area contributed by atoms with E-state index < -0.39 is 0 Å². The molecule has 0 saturated heterocycles. The van der Waals surface area contributed by atoms with E-state index in [9.17, 15) is 0 Å². The summed E-state index contributed by atoms with van der Waals surface area (Å²) in [7, 11) is 3.93. The Morgan fingerprint density at radius 2 is 1.65 bits per heavy atom. The lowest BCUT2D eigenvalue weighted by Crippen LogP contribution is -2.45. The van der Waals surface area contributed by atoms with Crippen LogP contribution in [-0.4, -0.2) is 55.0 Å². The van der Waals surface area contributed by atoms with Crippen molar-refractivity contribution < 1.29 is 4.42 Å². The highest BCUT2D eigenvalue weighted by Gasteiger charge is 2.13. The van der Waals surface area contributed by atoms with E-state index >= 15 is 0 Å². The molecule has 0 aliphatic carbocycles. The van der Waals surface area contributed by atoms with Gasteiger partial charge in [0.15, 0.2) is 5.96 Å². The molecule has 0 unspecified atom stereocenters. The van der Waals surface area contributed by atoms with Crippen LogP contribution in [0.3, 0.4) is 0 Å². The zero-order valence-corrected chi connectivity index (χ0v) is 22.2. The number of aliphatic imine (C=N–C) groups is 1. The number of halogens is 1. The van der Waals surface area contributed by atoms with Gasteiger partial charge in [0.25, 0.3) is 0 Å². The summed E-state index contributed by atoms with van der Waals surface area (Å²) in [6.45, 7) is 13.2. The van der Waals surface area contributed by atoms with Crippen LogP contribution in [0.1, 0.15) is 44.6 Å². The first-order valence-corrected chi connectivity index (χ1v) is 10.9. The van der Waals surface area contributed by atoms with Crippen LogP contribution in [0.4, 0.5) is 0 Å². The van der Waals surface area contributed by atoms with Gasteiger partial charge < -0.3 is 15.1 Å². The molecular formula is C24H40IN5O. The lowest BCUT2D eigenvalue weighted by atomic mass is 10.1. The van der Waals surface area contributed by atoms with Crippen molar-refractivity contribution in [2.45, 2.75) is 59.4 Å². The van der Waals surface area contributed by atoms with E-state index in [2.05, 4.69) is 84.4 Å². The Morgan fingerprint density at radius 3 is 2.23 bits per heavy atom. The molecule has 0 spiro atoms. The highest BCUT2D eigenvalue weighted by Crippen LogP contribution is 2.13. The smallest absolute Gasteiger partial charge is 0.191 e. The molecule has 0 aliphatic heterocycles. The van der Waals surface area contributed by atoms with Crippen LogP contribution < -0.4 is 10.6 Å². The van der Waals surface area contributed by atoms with Crippen LogP contribution in [0.15, 0.2) is 52.1 Å². The number of furan rings is 1. The minimum Gasteiger partial charge on any atom is -0.468 e. The summed E-state index contributed by atoms with van der Waals surface area (Å²) < 4.78 is 5.47. The molecule has 6 nitrogen and oxygen atoms in total. The van der Waals surface area contributed by atoms with Crippen molar-refractivity contribution in [3.63, 3.8) is 0 Å². The van der Waals surface area contributed by atoms with E-state index in [0.717, 1.165) is 44.4 Å². The summed E-state index contributed by atoms with van der Waals surface area (Å²) in [5, 5.41) is 6.90. The van der Waals surface area contributed by atoms with E-state index in [1.165, 1.54) is 11.1 Å². The number of benzene rings is 1. The van der Waals surface area contributed by atoms with E-state index in [1.54, 1.807) is 6.26 Å². The highest BCUT2D eigenvalue weighted by molar-refractivity contribution is 14.0. The second kappa shape index (κ2) is 14.5. The minimum absolute atomic E-state index is 0. The fraction of sp³-hybridized carbons (Fsp3) is 0.542. The SMILES string of the molecule is CN=C(NCCN(C(C)C)C(C)C)NCc1ccccc1CN(C)Cc1ccco1.I. The summed E-state index contributed by atoms with van der Waals surface area (Å²) in [5.41, 5.74) is 2.58. The fourth-order valence-electron chi connectivity index (χ4n) is 3.72. The fourth-order valence-corrected chi connectivity index (χ4v) is 3.72. The Labute approximate surface area is 205 Å².